The lowest BCUT2D eigenvalue weighted by molar-refractivity contribution is -0.142. The van der Waals surface area contributed by atoms with Gasteiger partial charge >= 0.3 is 6.18 Å². The Kier molecular flexibility index (Phi) is 4.29. The van der Waals surface area contributed by atoms with Gasteiger partial charge in [0.2, 0.25) is 0 Å². The van der Waals surface area contributed by atoms with Crippen molar-refractivity contribution in [2.45, 2.75) is 32.7 Å². The van der Waals surface area contributed by atoms with E-state index in [-0.39, 0.29) is 24.2 Å². The van der Waals surface area contributed by atoms with Crippen LogP contribution in [0.15, 0.2) is 17.2 Å². The molecule has 26 heavy (non-hydrogen) atoms. The van der Waals surface area contributed by atoms with Gasteiger partial charge < -0.3 is 14.2 Å². The van der Waals surface area contributed by atoms with Gasteiger partial charge in [-0.15, -0.1) is 0 Å². The van der Waals surface area contributed by atoms with E-state index in [1.165, 1.54) is 16.6 Å². The molecule has 0 aromatic carbocycles. The second-order valence-electron chi connectivity index (χ2n) is 6.15. The zero-order valence-corrected chi connectivity index (χ0v) is 14.4. The molecule has 0 radical (unpaired) electrons. The van der Waals surface area contributed by atoms with Crippen LogP contribution in [0.1, 0.15) is 27.2 Å². The fourth-order valence-corrected chi connectivity index (χ4v) is 3.17. The standard InChI is InChI=1S/C16H17F3N4O3/c1-9-13(26-3)11-6-22(7-12(11)21(2)14(9)24)15(25)10-4-20-23(5-10)8-16(17,18)19/h4-5H,6-8H2,1-3H3. The Morgan fingerprint density at radius 2 is 2.04 bits per heavy atom. The molecule has 1 amide bonds. The van der Waals surface area contributed by atoms with E-state index in [1.54, 1.807) is 14.0 Å². The third-order valence-electron chi connectivity index (χ3n) is 4.40. The number of rotatable bonds is 3. The molecule has 0 saturated heterocycles. The first-order valence-electron chi connectivity index (χ1n) is 7.76. The number of alkyl halides is 3. The quantitative estimate of drug-likeness (QED) is 0.823. The highest BCUT2D eigenvalue weighted by Crippen LogP contribution is 2.32. The molecule has 3 rings (SSSR count). The van der Waals surface area contributed by atoms with E-state index < -0.39 is 18.6 Å². The second-order valence-corrected chi connectivity index (χ2v) is 6.15. The highest BCUT2D eigenvalue weighted by molar-refractivity contribution is 5.94. The third kappa shape index (κ3) is 3.06. The number of fused-ring (bicyclic) bond motifs is 1. The molecular formula is C16H17F3N4O3. The van der Waals surface area contributed by atoms with Crippen LogP contribution in [0.5, 0.6) is 5.75 Å². The number of hydrogen-bond donors (Lipinski definition) is 0. The maximum atomic E-state index is 12.6. The fourth-order valence-electron chi connectivity index (χ4n) is 3.17. The summed E-state index contributed by atoms with van der Waals surface area (Å²) in [6.07, 6.45) is -2.24. The maximum Gasteiger partial charge on any atom is 0.408 e. The number of aromatic nitrogens is 3. The number of pyridine rings is 1. The van der Waals surface area contributed by atoms with Crippen LogP contribution in [0.3, 0.4) is 0 Å². The van der Waals surface area contributed by atoms with Crippen molar-refractivity contribution < 1.29 is 22.7 Å². The lowest BCUT2D eigenvalue weighted by Crippen LogP contribution is -2.26. The minimum Gasteiger partial charge on any atom is -0.496 e. The summed E-state index contributed by atoms with van der Waals surface area (Å²) < 4.78 is 44.8. The topological polar surface area (TPSA) is 69.4 Å². The first kappa shape index (κ1) is 18.0. The molecule has 3 heterocycles. The summed E-state index contributed by atoms with van der Waals surface area (Å²) >= 11 is 0. The second kappa shape index (κ2) is 6.19. The zero-order valence-electron chi connectivity index (χ0n) is 14.4. The van der Waals surface area contributed by atoms with E-state index in [9.17, 15) is 22.8 Å². The Bertz CT molecular complexity index is 930. The summed E-state index contributed by atoms with van der Waals surface area (Å²) in [5.41, 5.74) is 1.66. The Labute approximate surface area is 146 Å². The molecule has 0 spiro atoms. The van der Waals surface area contributed by atoms with Crippen LogP contribution in [0.25, 0.3) is 0 Å². The largest absolute Gasteiger partial charge is 0.496 e. The van der Waals surface area contributed by atoms with E-state index in [2.05, 4.69) is 5.10 Å². The third-order valence-corrected chi connectivity index (χ3v) is 4.40. The average Bonchev–Trinajstić information content (AvgIpc) is 3.18. The van der Waals surface area contributed by atoms with Crippen molar-refractivity contribution in [1.82, 2.24) is 19.2 Å². The van der Waals surface area contributed by atoms with Gasteiger partial charge in [-0.25, -0.2) is 0 Å². The highest BCUT2D eigenvalue weighted by atomic mass is 19.4. The monoisotopic (exact) mass is 370 g/mol. The molecular weight excluding hydrogens is 353 g/mol. The van der Waals surface area contributed by atoms with Crippen LogP contribution in [-0.4, -0.2) is 38.4 Å². The SMILES string of the molecule is COc1c2c(n(C)c(=O)c1C)CN(C(=O)c1cnn(CC(F)(F)F)c1)C2. The normalized spacial score (nSPS) is 13.8. The average molecular weight is 370 g/mol. The summed E-state index contributed by atoms with van der Waals surface area (Å²) in [5.74, 6) is -0.0204. The molecule has 0 saturated carbocycles. The Balaban J connectivity index is 1.87. The lowest BCUT2D eigenvalue weighted by Gasteiger charge is -2.14. The van der Waals surface area contributed by atoms with E-state index >= 15 is 0 Å². The first-order chi connectivity index (χ1) is 12.1. The van der Waals surface area contributed by atoms with Gasteiger partial charge in [-0.2, -0.15) is 18.3 Å². The predicted molar refractivity (Wildman–Crippen MR) is 84.8 cm³/mol. The van der Waals surface area contributed by atoms with Crippen molar-refractivity contribution in [2.24, 2.45) is 7.05 Å². The Morgan fingerprint density at radius 3 is 2.65 bits per heavy atom. The van der Waals surface area contributed by atoms with Crippen molar-refractivity contribution in [3.05, 3.63) is 45.1 Å². The van der Waals surface area contributed by atoms with Gasteiger partial charge in [-0.1, -0.05) is 0 Å². The van der Waals surface area contributed by atoms with Gasteiger partial charge in [-0.05, 0) is 6.92 Å². The van der Waals surface area contributed by atoms with Gasteiger partial charge in [-0.3, -0.25) is 14.3 Å². The maximum absolute atomic E-state index is 12.6. The van der Waals surface area contributed by atoms with Crippen LogP contribution in [-0.2, 0) is 26.7 Å². The number of ether oxygens (including phenoxy) is 1. The number of hydrogen-bond acceptors (Lipinski definition) is 4. The summed E-state index contributed by atoms with van der Waals surface area (Å²) in [7, 11) is 3.07. The molecule has 2 aromatic heterocycles. The smallest absolute Gasteiger partial charge is 0.408 e. The predicted octanol–water partition coefficient (Wildman–Crippen LogP) is 1.62. The molecule has 0 bridgehead atoms. The van der Waals surface area contributed by atoms with Crippen LogP contribution in [0, 0.1) is 6.92 Å². The van der Waals surface area contributed by atoms with E-state index in [4.69, 9.17) is 4.74 Å². The molecule has 1 aliphatic rings. The van der Waals surface area contributed by atoms with Gasteiger partial charge in [0, 0.05) is 24.5 Å². The molecule has 10 heteroatoms. The summed E-state index contributed by atoms with van der Waals surface area (Å²) in [4.78, 5) is 26.3. The molecule has 0 fully saturated rings. The Morgan fingerprint density at radius 1 is 1.35 bits per heavy atom. The summed E-state index contributed by atoms with van der Waals surface area (Å²) in [5, 5.41) is 3.59. The molecule has 0 unspecified atom stereocenters. The minimum atomic E-state index is -4.42. The number of nitrogens with zero attached hydrogens (tertiary/aromatic N) is 4. The number of methoxy groups -OCH3 is 1. The van der Waals surface area contributed by atoms with Crippen LogP contribution in [0.2, 0.25) is 0 Å². The van der Waals surface area contributed by atoms with Crippen molar-refractivity contribution in [3.63, 3.8) is 0 Å². The highest BCUT2D eigenvalue weighted by Gasteiger charge is 2.32. The fraction of sp³-hybridized carbons (Fsp3) is 0.438. The van der Waals surface area contributed by atoms with Gasteiger partial charge in [0.25, 0.3) is 11.5 Å². The number of carbonyl (C=O) groups is 1. The molecule has 140 valence electrons. The van der Waals surface area contributed by atoms with E-state index in [0.717, 1.165) is 18.0 Å². The van der Waals surface area contributed by atoms with E-state index in [1.807, 2.05) is 0 Å². The summed E-state index contributed by atoms with van der Waals surface area (Å²) in [6.45, 7) is 0.757. The molecule has 0 atom stereocenters. The molecule has 0 aliphatic carbocycles. The minimum absolute atomic E-state index is 0.0581. The Hall–Kier alpha value is -2.78. The number of carbonyl (C=O) groups excluding carboxylic acids is 1. The van der Waals surface area contributed by atoms with Gasteiger partial charge in [0.05, 0.1) is 37.5 Å². The molecule has 1 aliphatic heterocycles. The van der Waals surface area contributed by atoms with Crippen LogP contribution in [0.4, 0.5) is 13.2 Å². The van der Waals surface area contributed by atoms with Gasteiger partial charge in [0.1, 0.15) is 12.3 Å². The molecule has 2 aromatic rings. The molecule has 7 nitrogen and oxygen atoms in total. The number of halogens is 3. The lowest BCUT2D eigenvalue weighted by atomic mass is 10.1. The number of amides is 1. The van der Waals surface area contributed by atoms with Gasteiger partial charge in [0.15, 0.2) is 0 Å². The first-order valence-corrected chi connectivity index (χ1v) is 7.76. The van der Waals surface area contributed by atoms with Crippen LogP contribution < -0.4 is 10.3 Å². The van der Waals surface area contributed by atoms with Crippen molar-refractivity contribution in [1.29, 1.82) is 0 Å². The van der Waals surface area contributed by atoms with Crippen molar-refractivity contribution >= 4 is 5.91 Å². The zero-order chi connectivity index (χ0) is 19.2. The van der Waals surface area contributed by atoms with Crippen molar-refractivity contribution in [2.75, 3.05) is 7.11 Å². The summed E-state index contributed by atoms with van der Waals surface area (Å²) in [6, 6.07) is 0. The van der Waals surface area contributed by atoms with Crippen molar-refractivity contribution in [3.8, 4) is 5.75 Å². The van der Waals surface area contributed by atoms with Crippen LogP contribution >= 0.6 is 0 Å². The van der Waals surface area contributed by atoms with E-state index in [0.29, 0.717) is 21.7 Å². The molecule has 0 N–H and O–H groups in total.